The van der Waals surface area contributed by atoms with Gasteiger partial charge in [0.1, 0.15) is 0 Å². The Morgan fingerprint density at radius 1 is 0.778 bits per heavy atom. The molecule has 0 heterocycles. The Bertz CT molecular complexity index is 636. The van der Waals surface area contributed by atoms with Crippen LogP contribution in [-0.2, 0) is 19.3 Å². The van der Waals surface area contributed by atoms with Gasteiger partial charge in [-0.3, -0.25) is 0 Å². The topological polar surface area (TPSA) is 0 Å². The van der Waals surface area contributed by atoms with Crippen molar-refractivity contribution < 1.29 is 0 Å². The summed E-state index contributed by atoms with van der Waals surface area (Å²) in [5, 5.41) is 0. The molecule has 0 fully saturated rings. The largest absolute Gasteiger partial charge is 0.0838 e. The number of hydrogen-bond donors (Lipinski definition) is 0. The summed E-state index contributed by atoms with van der Waals surface area (Å²) in [5.41, 5.74) is 9.13. The minimum atomic E-state index is 1.10. The van der Waals surface area contributed by atoms with E-state index in [1.807, 2.05) is 0 Å². The van der Waals surface area contributed by atoms with Crippen molar-refractivity contribution in [3.63, 3.8) is 0 Å². The molecule has 1 aromatic rings. The maximum absolute atomic E-state index is 2.43. The van der Waals surface area contributed by atoms with E-state index in [-0.39, 0.29) is 0 Å². The van der Waals surface area contributed by atoms with Crippen LogP contribution < -0.4 is 0 Å². The van der Waals surface area contributed by atoms with Crippen molar-refractivity contribution in [3.05, 3.63) is 76.4 Å². The third kappa shape index (κ3) is 1.38. The zero-order chi connectivity index (χ0) is 11.9. The van der Waals surface area contributed by atoms with Gasteiger partial charge >= 0.3 is 0 Å². The summed E-state index contributed by atoms with van der Waals surface area (Å²) in [6, 6.07) is 4.67. The lowest BCUT2D eigenvalue weighted by molar-refractivity contribution is 1.02. The molecule has 0 saturated carbocycles. The molecular formula is C18H16. The van der Waals surface area contributed by atoms with Crippen LogP contribution >= 0.6 is 0 Å². The molecule has 0 radical (unpaired) electrons. The van der Waals surface area contributed by atoms with Crippen molar-refractivity contribution in [1.82, 2.24) is 0 Å². The van der Waals surface area contributed by atoms with Crippen molar-refractivity contribution in [3.8, 4) is 0 Å². The minimum absolute atomic E-state index is 1.10. The molecule has 4 rings (SSSR count). The van der Waals surface area contributed by atoms with Gasteiger partial charge in [0.15, 0.2) is 0 Å². The lowest BCUT2D eigenvalue weighted by atomic mass is 9.78. The van der Waals surface area contributed by atoms with Crippen LogP contribution in [-0.4, -0.2) is 0 Å². The first kappa shape index (κ1) is 10.1. The fourth-order valence-corrected chi connectivity index (χ4v) is 3.34. The van der Waals surface area contributed by atoms with Crippen LogP contribution in [0.2, 0.25) is 0 Å². The average molecular weight is 232 g/mol. The first-order chi connectivity index (χ1) is 8.93. The van der Waals surface area contributed by atoms with Crippen molar-refractivity contribution in [1.29, 1.82) is 0 Å². The Hall–Kier alpha value is -1.82. The summed E-state index contributed by atoms with van der Waals surface area (Å²) in [7, 11) is 0. The van der Waals surface area contributed by atoms with Crippen molar-refractivity contribution >= 4 is 5.57 Å². The van der Waals surface area contributed by atoms with E-state index in [0.29, 0.717) is 0 Å². The van der Waals surface area contributed by atoms with Crippen molar-refractivity contribution in [2.24, 2.45) is 0 Å². The maximum atomic E-state index is 2.43. The number of allylic oxidation sites excluding steroid dienone is 8. The smallest absolute Gasteiger partial charge is 0.00822 e. The van der Waals surface area contributed by atoms with Gasteiger partial charge in [-0.1, -0.05) is 48.6 Å². The Balaban J connectivity index is 1.93. The van der Waals surface area contributed by atoms with Crippen molar-refractivity contribution in [2.45, 2.75) is 25.7 Å². The van der Waals surface area contributed by atoms with E-state index < -0.39 is 0 Å². The van der Waals surface area contributed by atoms with Gasteiger partial charge in [-0.05, 0) is 59.1 Å². The predicted molar refractivity (Wildman–Crippen MR) is 76.5 cm³/mol. The molecule has 0 nitrogen and oxygen atoms in total. The van der Waals surface area contributed by atoms with E-state index in [1.54, 1.807) is 11.1 Å². The zero-order valence-electron chi connectivity index (χ0n) is 10.4. The van der Waals surface area contributed by atoms with Gasteiger partial charge in [0.05, 0.1) is 0 Å². The van der Waals surface area contributed by atoms with Crippen LogP contribution in [0.4, 0.5) is 0 Å². The van der Waals surface area contributed by atoms with Gasteiger partial charge in [0, 0.05) is 0 Å². The highest BCUT2D eigenvalue weighted by molar-refractivity contribution is 5.85. The summed E-state index contributed by atoms with van der Waals surface area (Å²) in [6.07, 6.45) is 18.2. The molecule has 0 unspecified atom stereocenters. The van der Waals surface area contributed by atoms with E-state index in [9.17, 15) is 0 Å². The molecule has 88 valence electrons. The lowest BCUT2D eigenvalue weighted by Crippen LogP contribution is -2.10. The lowest BCUT2D eigenvalue weighted by Gasteiger charge is -2.26. The molecular weight excluding hydrogens is 216 g/mol. The second kappa shape index (κ2) is 3.84. The third-order valence-electron chi connectivity index (χ3n) is 4.28. The van der Waals surface area contributed by atoms with Crippen LogP contribution in [0.5, 0.6) is 0 Å². The molecule has 0 amide bonds. The molecule has 0 heteroatoms. The molecule has 3 aliphatic carbocycles. The van der Waals surface area contributed by atoms with Gasteiger partial charge in [0.25, 0.3) is 0 Å². The van der Waals surface area contributed by atoms with Crippen LogP contribution in [0.3, 0.4) is 0 Å². The second-order valence-corrected chi connectivity index (χ2v) is 5.26. The predicted octanol–water partition coefficient (Wildman–Crippen LogP) is 4.17. The van der Waals surface area contributed by atoms with Crippen LogP contribution in [0.1, 0.15) is 28.7 Å². The number of fused-ring (bicyclic) bond motifs is 5. The third-order valence-corrected chi connectivity index (χ3v) is 4.28. The minimum Gasteiger partial charge on any atom is -0.0838 e. The fraction of sp³-hybridized carbons (Fsp3) is 0.222. The van der Waals surface area contributed by atoms with E-state index in [0.717, 1.165) is 25.7 Å². The molecule has 0 saturated heterocycles. The first-order valence-electron chi connectivity index (χ1n) is 6.79. The summed E-state index contributed by atoms with van der Waals surface area (Å²) >= 11 is 0. The number of benzene rings is 1. The van der Waals surface area contributed by atoms with Gasteiger partial charge in [0.2, 0.25) is 0 Å². The van der Waals surface area contributed by atoms with Gasteiger partial charge in [-0.15, -0.1) is 0 Å². The standard InChI is InChI=1S/C18H16/c1-3-7-15-13(5-1)9-11-18-16-8-4-2-6-14(16)10-12-17(15)18/h1-4,7,9-10,12H,5-6,8,11H2. The molecule has 1 aromatic carbocycles. The van der Waals surface area contributed by atoms with E-state index in [2.05, 4.69) is 48.6 Å². The summed E-state index contributed by atoms with van der Waals surface area (Å²) in [6.45, 7) is 0. The SMILES string of the molecule is C1=CCC2=CCc3c(ccc4c3CC=CC4)C2=C1. The average Bonchev–Trinajstić information content (AvgIpc) is 2.46. The Labute approximate surface area is 108 Å². The van der Waals surface area contributed by atoms with Gasteiger partial charge in [-0.2, -0.15) is 0 Å². The molecule has 3 aliphatic rings. The maximum Gasteiger partial charge on any atom is -0.00822 e. The highest BCUT2D eigenvalue weighted by Gasteiger charge is 2.21. The quantitative estimate of drug-likeness (QED) is 0.589. The van der Waals surface area contributed by atoms with E-state index >= 15 is 0 Å². The van der Waals surface area contributed by atoms with E-state index in [4.69, 9.17) is 0 Å². The van der Waals surface area contributed by atoms with Crippen LogP contribution in [0.15, 0.2) is 54.2 Å². The Morgan fingerprint density at radius 3 is 2.72 bits per heavy atom. The monoisotopic (exact) mass is 232 g/mol. The highest BCUT2D eigenvalue weighted by atomic mass is 14.3. The fourth-order valence-electron chi connectivity index (χ4n) is 3.34. The highest BCUT2D eigenvalue weighted by Crippen LogP contribution is 2.38. The second-order valence-electron chi connectivity index (χ2n) is 5.26. The molecule has 0 aromatic heterocycles. The summed E-state index contributed by atoms with van der Waals surface area (Å²) in [5.74, 6) is 0. The molecule has 0 spiro atoms. The van der Waals surface area contributed by atoms with Gasteiger partial charge in [-0.25, -0.2) is 0 Å². The van der Waals surface area contributed by atoms with Crippen LogP contribution in [0, 0.1) is 0 Å². The number of rotatable bonds is 0. The first-order valence-corrected chi connectivity index (χ1v) is 6.79. The van der Waals surface area contributed by atoms with Crippen LogP contribution in [0.25, 0.3) is 5.57 Å². The molecule has 0 atom stereocenters. The molecule has 0 aliphatic heterocycles. The normalized spacial score (nSPS) is 19.6. The zero-order valence-corrected chi connectivity index (χ0v) is 10.4. The molecule has 0 bridgehead atoms. The van der Waals surface area contributed by atoms with Gasteiger partial charge < -0.3 is 0 Å². The Morgan fingerprint density at radius 2 is 1.72 bits per heavy atom. The Kier molecular flexibility index (Phi) is 2.16. The summed E-state index contributed by atoms with van der Waals surface area (Å²) < 4.78 is 0. The molecule has 0 N–H and O–H groups in total. The van der Waals surface area contributed by atoms with Crippen molar-refractivity contribution in [2.75, 3.05) is 0 Å². The van der Waals surface area contributed by atoms with E-state index in [1.165, 1.54) is 22.3 Å². The summed E-state index contributed by atoms with van der Waals surface area (Å²) in [4.78, 5) is 0. The number of hydrogen-bond acceptors (Lipinski definition) is 0. The molecule has 18 heavy (non-hydrogen) atoms.